The van der Waals surface area contributed by atoms with E-state index in [2.05, 4.69) is 4.98 Å². The van der Waals surface area contributed by atoms with Gasteiger partial charge in [0, 0.05) is 6.20 Å². The number of aromatic nitrogens is 2. The number of rotatable bonds is 2. The number of hydrogen-bond donors (Lipinski definition) is 1. The van der Waals surface area contributed by atoms with Crippen molar-refractivity contribution in [2.45, 2.75) is 13.5 Å². The lowest BCUT2D eigenvalue weighted by molar-refractivity contribution is 0.506. The highest BCUT2D eigenvalue weighted by atomic mass is 19.2. The molecule has 0 aliphatic carbocycles. The number of benzene rings is 1. The van der Waals surface area contributed by atoms with Crippen LogP contribution in [0.5, 0.6) is 0 Å². The Morgan fingerprint density at radius 2 is 2.06 bits per heavy atom. The van der Waals surface area contributed by atoms with Crippen LogP contribution in [0, 0.1) is 18.6 Å². The fourth-order valence-electron chi connectivity index (χ4n) is 1.53. The van der Waals surface area contributed by atoms with Crippen molar-refractivity contribution in [3.05, 3.63) is 47.3 Å². The molecule has 2 rings (SSSR count). The summed E-state index contributed by atoms with van der Waals surface area (Å²) in [6, 6.07) is 3.78. The Morgan fingerprint density at radius 1 is 1.31 bits per heavy atom. The molecule has 2 aromatic rings. The summed E-state index contributed by atoms with van der Waals surface area (Å²) in [6.45, 7) is 2.20. The van der Waals surface area contributed by atoms with E-state index in [0.717, 1.165) is 17.8 Å². The zero-order valence-corrected chi connectivity index (χ0v) is 8.74. The van der Waals surface area contributed by atoms with Gasteiger partial charge in [-0.1, -0.05) is 6.07 Å². The van der Waals surface area contributed by atoms with Crippen LogP contribution >= 0.6 is 0 Å². The van der Waals surface area contributed by atoms with Crippen LogP contribution in [0.2, 0.25) is 0 Å². The van der Waals surface area contributed by atoms with Crippen LogP contribution in [0.1, 0.15) is 11.3 Å². The highest BCUT2D eigenvalue weighted by molar-refractivity contribution is 5.25. The standard InChI is InChI=1S/C11H11F2N3/c1-7-5-16(11(14)15-7)6-8-2-3-9(12)10(13)4-8/h2-5H,6H2,1H3,(H2,14,15). The van der Waals surface area contributed by atoms with Crippen molar-refractivity contribution in [2.24, 2.45) is 0 Å². The normalized spacial score (nSPS) is 10.7. The summed E-state index contributed by atoms with van der Waals surface area (Å²) in [5, 5.41) is 0. The molecule has 0 amide bonds. The lowest BCUT2D eigenvalue weighted by atomic mass is 10.2. The second-order valence-corrected chi connectivity index (χ2v) is 3.62. The molecule has 2 N–H and O–H groups in total. The quantitative estimate of drug-likeness (QED) is 0.847. The Morgan fingerprint density at radius 3 is 2.62 bits per heavy atom. The third-order valence-electron chi connectivity index (χ3n) is 2.26. The van der Waals surface area contributed by atoms with Gasteiger partial charge in [0.05, 0.1) is 12.2 Å². The Hall–Kier alpha value is -1.91. The smallest absolute Gasteiger partial charge is 0.200 e. The molecule has 0 saturated heterocycles. The van der Waals surface area contributed by atoms with E-state index in [1.807, 2.05) is 6.92 Å². The monoisotopic (exact) mass is 223 g/mol. The minimum atomic E-state index is -0.854. The largest absolute Gasteiger partial charge is 0.369 e. The van der Waals surface area contributed by atoms with Gasteiger partial charge in [-0.2, -0.15) is 0 Å². The fourth-order valence-corrected chi connectivity index (χ4v) is 1.53. The first-order chi connectivity index (χ1) is 7.56. The lowest BCUT2D eigenvalue weighted by Gasteiger charge is -2.04. The van der Waals surface area contributed by atoms with Crippen LogP contribution in [0.15, 0.2) is 24.4 Å². The van der Waals surface area contributed by atoms with Crippen molar-refractivity contribution in [1.29, 1.82) is 0 Å². The van der Waals surface area contributed by atoms with Gasteiger partial charge in [-0.3, -0.25) is 0 Å². The van der Waals surface area contributed by atoms with E-state index in [1.54, 1.807) is 10.8 Å². The number of anilines is 1. The van der Waals surface area contributed by atoms with Gasteiger partial charge in [0.25, 0.3) is 0 Å². The molecule has 1 heterocycles. The first kappa shape index (κ1) is 10.6. The summed E-state index contributed by atoms with van der Waals surface area (Å²) < 4.78 is 27.3. The summed E-state index contributed by atoms with van der Waals surface area (Å²) >= 11 is 0. The molecule has 0 aliphatic rings. The molecule has 84 valence electrons. The minimum Gasteiger partial charge on any atom is -0.369 e. The van der Waals surface area contributed by atoms with E-state index in [4.69, 9.17) is 5.73 Å². The minimum absolute atomic E-state index is 0.363. The Balaban J connectivity index is 2.27. The van der Waals surface area contributed by atoms with Crippen LogP contribution in [0.3, 0.4) is 0 Å². The zero-order valence-electron chi connectivity index (χ0n) is 8.74. The van der Waals surface area contributed by atoms with Crippen LogP contribution in [0.25, 0.3) is 0 Å². The average molecular weight is 223 g/mol. The molecule has 1 aromatic heterocycles. The van der Waals surface area contributed by atoms with Crippen LogP contribution in [-0.4, -0.2) is 9.55 Å². The molecule has 3 nitrogen and oxygen atoms in total. The van der Waals surface area contributed by atoms with Gasteiger partial charge in [-0.15, -0.1) is 0 Å². The number of aryl methyl sites for hydroxylation is 1. The van der Waals surface area contributed by atoms with E-state index in [1.165, 1.54) is 6.07 Å². The van der Waals surface area contributed by atoms with Crippen LogP contribution < -0.4 is 5.73 Å². The predicted molar refractivity (Wildman–Crippen MR) is 56.8 cm³/mol. The van der Waals surface area contributed by atoms with Crippen molar-refractivity contribution < 1.29 is 8.78 Å². The molecule has 16 heavy (non-hydrogen) atoms. The SMILES string of the molecule is Cc1cn(Cc2ccc(F)c(F)c2)c(N)n1. The zero-order chi connectivity index (χ0) is 11.7. The topological polar surface area (TPSA) is 43.8 Å². The van der Waals surface area contributed by atoms with E-state index < -0.39 is 11.6 Å². The molecule has 0 aliphatic heterocycles. The number of hydrogen-bond acceptors (Lipinski definition) is 2. The second kappa shape index (κ2) is 3.92. The van der Waals surface area contributed by atoms with E-state index in [0.29, 0.717) is 18.1 Å². The molecule has 5 heteroatoms. The molecule has 0 saturated carbocycles. The van der Waals surface area contributed by atoms with Gasteiger partial charge in [0.15, 0.2) is 11.6 Å². The number of imidazole rings is 1. The fraction of sp³-hybridized carbons (Fsp3) is 0.182. The maximum atomic E-state index is 13.0. The van der Waals surface area contributed by atoms with Gasteiger partial charge >= 0.3 is 0 Å². The lowest BCUT2D eigenvalue weighted by Crippen LogP contribution is -2.04. The molecular formula is C11H11F2N3. The van der Waals surface area contributed by atoms with Crippen molar-refractivity contribution in [3.8, 4) is 0 Å². The van der Waals surface area contributed by atoms with Crippen LogP contribution in [0.4, 0.5) is 14.7 Å². The second-order valence-electron chi connectivity index (χ2n) is 3.62. The molecule has 0 fully saturated rings. The van der Waals surface area contributed by atoms with Gasteiger partial charge in [-0.25, -0.2) is 13.8 Å². The molecule has 0 radical (unpaired) electrons. The Kier molecular flexibility index (Phi) is 2.60. The van der Waals surface area contributed by atoms with E-state index in [9.17, 15) is 8.78 Å². The molecule has 0 spiro atoms. The average Bonchev–Trinajstić information content (AvgIpc) is 2.51. The molecule has 0 unspecified atom stereocenters. The highest BCUT2D eigenvalue weighted by Gasteiger charge is 2.05. The van der Waals surface area contributed by atoms with E-state index in [-0.39, 0.29) is 0 Å². The Labute approximate surface area is 91.5 Å². The maximum absolute atomic E-state index is 13.0. The number of nitrogens with two attached hydrogens (primary N) is 1. The third kappa shape index (κ3) is 2.03. The summed E-state index contributed by atoms with van der Waals surface area (Å²) in [5.74, 6) is -1.34. The summed E-state index contributed by atoms with van der Waals surface area (Å²) in [6.07, 6.45) is 1.76. The highest BCUT2D eigenvalue weighted by Crippen LogP contribution is 2.12. The number of nitrogens with zero attached hydrogens (tertiary/aromatic N) is 2. The Bertz CT molecular complexity index is 520. The molecule has 1 aromatic carbocycles. The first-order valence-electron chi connectivity index (χ1n) is 4.79. The van der Waals surface area contributed by atoms with Crippen molar-refractivity contribution >= 4 is 5.95 Å². The van der Waals surface area contributed by atoms with Crippen molar-refractivity contribution in [2.75, 3.05) is 5.73 Å². The number of nitrogen functional groups attached to an aromatic ring is 1. The summed E-state index contributed by atoms with van der Waals surface area (Å²) in [4.78, 5) is 4.02. The van der Waals surface area contributed by atoms with Gasteiger partial charge in [-0.05, 0) is 24.6 Å². The molecular weight excluding hydrogens is 212 g/mol. The predicted octanol–water partition coefficient (Wildman–Crippen LogP) is 2.10. The summed E-state index contributed by atoms with van der Waals surface area (Å²) in [7, 11) is 0. The van der Waals surface area contributed by atoms with Crippen molar-refractivity contribution in [1.82, 2.24) is 9.55 Å². The third-order valence-corrected chi connectivity index (χ3v) is 2.26. The van der Waals surface area contributed by atoms with Crippen LogP contribution in [-0.2, 0) is 6.54 Å². The molecule has 0 bridgehead atoms. The van der Waals surface area contributed by atoms with Gasteiger partial charge in [0.2, 0.25) is 5.95 Å². The van der Waals surface area contributed by atoms with Gasteiger partial charge in [0.1, 0.15) is 0 Å². The maximum Gasteiger partial charge on any atom is 0.200 e. The van der Waals surface area contributed by atoms with Crippen molar-refractivity contribution in [3.63, 3.8) is 0 Å². The first-order valence-corrected chi connectivity index (χ1v) is 4.79. The van der Waals surface area contributed by atoms with E-state index >= 15 is 0 Å². The number of halogens is 2. The van der Waals surface area contributed by atoms with Gasteiger partial charge < -0.3 is 10.3 Å². The summed E-state index contributed by atoms with van der Waals surface area (Å²) in [5.41, 5.74) is 7.07. The molecule has 0 atom stereocenters.